The van der Waals surface area contributed by atoms with Crippen molar-refractivity contribution >= 4 is 11.8 Å². The fourth-order valence-electron chi connectivity index (χ4n) is 4.87. The van der Waals surface area contributed by atoms with Gasteiger partial charge in [-0.25, -0.2) is 0 Å². The minimum atomic E-state index is -0.188. The highest BCUT2D eigenvalue weighted by Crippen LogP contribution is 2.38. The molecule has 2 aromatic rings. The van der Waals surface area contributed by atoms with Crippen LogP contribution in [0.15, 0.2) is 48.5 Å². The van der Waals surface area contributed by atoms with Crippen molar-refractivity contribution in [3.63, 3.8) is 0 Å². The van der Waals surface area contributed by atoms with Crippen LogP contribution in [0.4, 0.5) is 0 Å². The second-order valence-corrected chi connectivity index (χ2v) is 8.94. The average Bonchev–Trinajstić information content (AvgIpc) is 2.83. The van der Waals surface area contributed by atoms with Gasteiger partial charge in [0.15, 0.2) is 0 Å². The van der Waals surface area contributed by atoms with Gasteiger partial charge in [0.05, 0.1) is 12.7 Å². The van der Waals surface area contributed by atoms with E-state index in [1.807, 2.05) is 60.4 Å². The zero-order valence-corrected chi connectivity index (χ0v) is 18.9. The highest BCUT2D eigenvalue weighted by Gasteiger charge is 2.41. The number of likely N-dealkylation sites (tertiary alicyclic amines) is 1. The van der Waals surface area contributed by atoms with E-state index in [0.29, 0.717) is 37.7 Å². The van der Waals surface area contributed by atoms with Gasteiger partial charge in [-0.2, -0.15) is 0 Å². The Morgan fingerprint density at radius 3 is 2.59 bits per heavy atom. The summed E-state index contributed by atoms with van der Waals surface area (Å²) >= 11 is 0. The van der Waals surface area contributed by atoms with Crippen molar-refractivity contribution in [2.24, 2.45) is 5.92 Å². The second-order valence-electron chi connectivity index (χ2n) is 8.94. The van der Waals surface area contributed by atoms with Crippen LogP contribution in [0, 0.1) is 12.8 Å². The first-order valence-electron chi connectivity index (χ1n) is 11.4. The number of hydrogen-bond donors (Lipinski definition) is 1. The SMILES string of the molecule is COc1ccc(C(=O)N2CCC3(CC2)CC(CNC(=O)c2ccccc2)CCO3)c(C)c1. The van der Waals surface area contributed by atoms with Gasteiger partial charge in [-0.1, -0.05) is 18.2 Å². The molecule has 2 aliphatic heterocycles. The Kier molecular flexibility index (Phi) is 6.80. The zero-order chi connectivity index (χ0) is 22.6. The molecule has 170 valence electrons. The van der Waals surface area contributed by atoms with Gasteiger partial charge in [-0.15, -0.1) is 0 Å². The summed E-state index contributed by atoms with van der Waals surface area (Å²) in [6, 6.07) is 14.9. The van der Waals surface area contributed by atoms with Crippen LogP contribution in [0.5, 0.6) is 5.75 Å². The maximum absolute atomic E-state index is 13.1. The lowest BCUT2D eigenvalue weighted by Crippen LogP contribution is -2.51. The van der Waals surface area contributed by atoms with Crippen molar-refractivity contribution in [3.8, 4) is 5.75 Å². The summed E-state index contributed by atoms with van der Waals surface area (Å²) in [5, 5.41) is 3.09. The molecule has 32 heavy (non-hydrogen) atoms. The van der Waals surface area contributed by atoms with Gasteiger partial charge < -0.3 is 19.7 Å². The van der Waals surface area contributed by atoms with Crippen molar-refractivity contribution < 1.29 is 19.1 Å². The number of carbonyl (C=O) groups excluding carboxylic acids is 2. The number of amides is 2. The van der Waals surface area contributed by atoms with E-state index >= 15 is 0 Å². The molecule has 1 atom stereocenters. The van der Waals surface area contributed by atoms with Crippen molar-refractivity contribution in [3.05, 3.63) is 65.2 Å². The summed E-state index contributed by atoms with van der Waals surface area (Å²) in [6.45, 7) is 4.69. The Morgan fingerprint density at radius 2 is 1.91 bits per heavy atom. The van der Waals surface area contributed by atoms with Crippen LogP contribution >= 0.6 is 0 Å². The summed E-state index contributed by atoms with van der Waals surface area (Å²) in [7, 11) is 1.63. The van der Waals surface area contributed by atoms with E-state index in [1.165, 1.54) is 0 Å². The number of rotatable bonds is 5. The topological polar surface area (TPSA) is 67.9 Å². The van der Waals surface area contributed by atoms with Crippen LogP contribution in [-0.4, -0.2) is 55.7 Å². The van der Waals surface area contributed by atoms with Crippen molar-refractivity contribution in [1.82, 2.24) is 10.2 Å². The minimum absolute atomic E-state index is 0.0265. The molecule has 2 aliphatic rings. The monoisotopic (exact) mass is 436 g/mol. The number of ether oxygens (including phenoxy) is 2. The molecule has 2 saturated heterocycles. The lowest BCUT2D eigenvalue weighted by Gasteiger charge is -2.46. The predicted molar refractivity (Wildman–Crippen MR) is 123 cm³/mol. The fourth-order valence-corrected chi connectivity index (χ4v) is 4.87. The Hall–Kier alpha value is -2.86. The molecule has 0 aliphatic carbocycles. The number of hydrogen-bond acceptors (Lipinski definition) is 4. The highest BCUT2D eigenvalue weighted by molar-refractivity contribution is 5.96. The molecule has 0 radical (unpaired) electrons. The van der Waals surface area contributed by atoms with Crippen LogP contribution < -0.4 is 10.1 Å². The molecular weight excluding hydrogens is 404 g/mol. The summed E-state index contributed by atoms with van der Waals surface area (Å²) in [5.74, 6) is 1.20. The van der Waals surface area contributed by atoms with E-state index in [-0.39, 0.29) is 17.4 Å². The highest BCUT2D eigenvalue weighted by atomic mass is 16.5. The number of piperidine rings is 1. The lowest BCUT2D eigenvalue weighted by molar-refractivity contribution is -0.122. The molecule has 2 heterocycles. The molecule has 0 aromatic heterocycles. The molecule has 6 heteroatoms. The average molecular weight is 437 g/mol. The maximum Gasteiger partial charge on any atom is 0.254 e. The zero-order valence-electron chi connectivity index (χ0n) is 18.9. The first-order valence-corrected chi connectivity index (χ1v) is 11.4. The van der Waals surface area contributed by atoms with Gasteiger partial charge in [0, 0.05) is 37.4 Å². The molecule has 0 bridgehead atoms. The number of methoxy groups -OCH3 is 1. The van der Waals surface area contributed by atoms with E-state index in [4.69, 9.17) is 9.47 Å². The number of aryl methyl sites for hydroxylation is 1. The van der Waals surface area contributed by atoms with E-state index in [0.717, 1.165) is 42.6 Å². The van der Waals surface area contributed by atoms with Crippen molar-refractivity contribution in [2.75, 3.05) is 33.4 Å². The smallest absolute Gasteiger partial charge is 0.254 e. The van der Waals surface area contributed by atoms with Crippen molar-refractivity contribution in [2.45, 2.75) is 38.2 Å². The van der Waals surface area contributed by atoms with Crippen LogP contribution in [0.25, 0.3) is 0 Å². The fraction of sp³-hybridized carbons (Fsp3) is 0.462. The van der Waals surface area contributed by atoms with E-state index in [1.54, 1.807) is 7.11 Å². The predicted octanol–water partition coefficient (Wildman–Crippen LogP) is 3.84. The van der Waals surface area contributed by atoms with Crippen LogP contribution in [0.2, 0.25) is 0 Å². The molecule has 1 N–H and O–H groups in total. The van der Waals surface area contributed by atoms with Gasteiger partial charge in [-0.3, -0.25) is 9.59 Å². The molecular formula is C26H32N2O4. The van der Waals surface area contributed by atoms with E-state index in [9.17, 15) is 9.59 Å². The third-order valence-electron chi connectivity index (χ3n) is 6.81. The largest absolute Gasteiger partial charge is 0.497 e. The molecule has 0 saturated carbocycles. The Balaban J connectivity index is 1.31. The first-order chi connectivity index (χ1) is 15.5. The Bertz CT molecular complexity index is 952. The Morgan fingerprint density at radius 1 is 1.16 bits per heavy atom. The maximum atomic E-state index is 13.1. The van der Waals surface area contributed by atoms with Gasteiger partial charge >= 0.3 is 0 Å². The number of nitrogens with zero attached hydrogens (tertiary/aromatic N) is 1. The summed E-state index contributed by atoms with van der Waals surface area (Å²) in [4.78, 5) is 27.4. The first kappa shape index (κ1) is 22.3. The van der Waals surface area contributed by atoms with Gasteiger partial charge in [0.2, 0.25) is 0 Å². The minimum Gasteiger partial charge on any atom is -0.497 e. The third-order valence-corrected chi connectivity index (χ3v) is 6.81. The molecule has 6 nitrogen and oxygen atoms in total. The van der Waals surface area contributed by atoms with E-state index in [2.05, 4.69) is 5.32 Å². The molecule has 1 spiro atoms. The Labute approximate surface area is 189 Å². The number of carbonyl (C=O) groups is 2. The molecule has 2 amide bonds. The van der Waals surface area contributed by atoms with Gasteiger partial charge in [0.1, 0.15) is 5.75 Å². The summed E-state index contributed by atoms with van der Waals surface area (Å²) < 4.78 is 11.5. The molecule has 1 unspecified atom stereocenters. The number of nitrogens with one attached hydrogen (secondary N) is 1. The molecule has 4 rings (SSSR count). The summed E-state index contributed by atoms with van der Waals surface area (Å²) in [5.41, 5.74) is 2.16. The standard InChI is InChI=1S/C26H32N2O4/c1-19-16-22(31-2)8-9-23(19)25(30)28-13-11-26(12-14-28)17-20(10-15-32-26)18-27-24(29)21-6-4-3-5-7-21/h3-9,16,20H,10-15,17-18H2,1-2H3,(H,27,29). The quantitative estimate of drug-likeness (QED) is 0.773. The number of benzene rings is 2. The van der Waals surface area contributed by atoms with E-state index < -0.39 is 0 Å². The molecule has 2 aromatic carbocycles. The normalized spacial score (nSPS) is 20.1. The van der Waals surface area contributed by atoms with Crippen molar-refractivity contribution in [1.29, 1.82) is 0 Å². The second kappa shape index (κ2) is 9.74. The van der Waals surface area contributed by atoms with Gasteiger partial charge in [0.25, 0.3) is 11.8 Å². The van der Waals surface area contributed by atoms with Crippen LogP contribution in [0.3, 0.4) is 0 Å². The third kappa shape index (κ3) is 4.96. The lowest BCUT2D eigenvalue weighted by atomic mass is 9.79. The van der Waals surface area contributed by atoms with Crippen LogP contribution in [-0.2, 0) is 4.74 Å². The van der Waals surface area contributed by atoms with Gasteiger partial charge in [-0.05, 0) is 74.4 Å². The molecule has 2 fully saturated rings. The van der Waals surface area contributed by atoms with Crippen LogP contribution in [0.1, 0.15) is 52.0 Å². The summed E-state index contributed by atoms with van der Waals surface area (Å²) in [6.07, 6.45) is 3.53.